The molecule has 1 heterocycles. The first-order chi connectivity index (χ1) is 5.29. The molecule has 0 spiro atoms. The van der Waals surface area contributed by atoms with E-state index < -0.39 is 5.97 Å². The molecule has 3 nitrogen and oxygen atoms in total. The van der Waals surface area contributed by atoms with Gasteiger partial charge in [0.25, 0.3) is 0 Å². The first-order valence-corrected chi connectivity index (χ1v) is 4.25. The van der Waals surface area contributed by atoms with Crippen molar-refractivity contribution >= 4 is 5.97 Å². The molecule has 2 fully saturated rings. The molecule has 2 atom stereocenters. The normalized spacial score (nSPS) is 37.5. The summed E-state index contributed by atoms with van der Waals surface area (Å²) in [5.74, 6) is 0.470. The highest BCUT2D eigenvalue weighted by molar-refractivity contribution is 5.74. The highest BCUT2D eigenvalue weighted by Crippen LogP contribution is 2.41. The lowest BCUT2D eigenvalue weighted by Gasteiger charge is -2.13. The molecule has 0 aromatic heterocycles. The van der Waals surface area contributed by atoms with Crippen LogP contribution in [-0.4, -0.2) is 23.7 Å². The van der Waals surface area contributed by atoms with Gasteiger partial charge in [0.05, 0.1) is 0 Å². The Kier molecular flexibility index (Phi) is 1.60. The lowest BCUT2D eigenvalue weighted by molar-refractivity contribution is -0.140. The van der Waals surface area contributed by atoms with E-state index in [0.29, 0.717) is 11.8 Å². The van der Waals surface area contributed by atoms with Gasteiger partial charge in [-0.2, -0.15) is 0 Å². The first-order valence-electron chi connectivity index (χ1n) is 4.25. The third-order valence-corrected chi connectivity index (χ3v) is 2.76. The molecular formula is C8H13NO2. The van der Waals surface area contributed by atoms with E-state index in [1.807, 2.05) is 0 Å². The largest absolute Gasteiger partial charge is 0.480 e. The predicted octanol–water partition coefficient (Wildman–Crippen LogP) is 0.459. The predicted molar refractivity (Wildman–Crippen MR) is 40.3 cm³/mol. The van der Waals surface area contributed by atoms with Crippen molar-refractivity contribution in [3.63, 3.8) is 0 Å². The Bertz CT molecular complexity index is 177. The quantitative estimate of drug-likeness (QED) is 0.609. The van der Waals surface area contributed by atoms with E-state index in [4.69, 9.17) is 5.11 Å². The average Bonchev–Trinajstić information content (AvgIpc) is 2.68. The van der Waals surface area contributed by atoms with Gasteiger partial charge in [0.2, 0.25) is 0 Å². The van der Waals surface area contributed by atoms with Crippen LogP contribution in [0.5, 0.6) is 0 Å². The smallest absolute Gasteiger partial charge is 0.320 e. The van der Waals surface area contributed by atoms with Crippen molar-refractivity contribution in [3.05, 3.63) is 0 Å². The molecule has 1 saturated heterocycles. The van der Waals surface area contributed by atoms with Gasteiger partial charge < -0.3 is 10.4 Å². The standard InChI is InChI=1S/C8H13NO2/c10-8(11)7-6(3-4-9-7)5-1-2-5/h5-7,9H,1-4H2,(H,10,11)/t6-,7+/m1/s1. The number of rotatable bonds is 2. The minimum atomic E-state index is -0.667. The third-order valence-electron chi connectivity index (χ3n) is 2.76. The topological polar surface area (TPSA) is 49.3 Å². The molecule has 11 heavy (non-hydrogen) atoms. The van der Waals surface area contributed by atoms with E-state index in [9.17, 15) is 4.79 Å². The summed E-state index contributed by atoms with van der Waals surface area (Å²) >= 11 is 0. The lowest BCUT2D eigenvalue weighted by atomic mass is 9.95. The van der Waals surface area contributed by atoms with E-state index in [-0.39, 0.29) is 6.04 Å². The maximum atomic E-state index is 10.7. The van der Waals surface area contributed by atoms with Crippen molar-refractivity contribution in [1.82, 2.24) is 5.32 Å². The minimum Gasteiger partial charge on any atom is -0.480 e. The average molecular weight is 155 g/mol. The third kappa shape index (κ3) is 1.25. The summed E-state index contributed by atoms with van der Waals surface area (Å²) < 4.78 is 0. The molecule has 0 amide bonds. The zero-order valence-corrected chi connectivity index (χ0v) is 6.42. The maximum absolute atomic E-state index is 10.7. The van der Waals surface area contributed by atoms with Crippen molar-refractivity contribution in [3.8, 4) is 0 Å². The van der Waals surface area contributed by atoms with Gasteiger partial charge in [0.1, 0.15) is 6.04 Å². The van der Waals surface area contributed by atoms with E-state index in [1.54, 1.807) is 0 Å². The highest BCUT2D eigenvalue weighted by atomic mass is 16.4. The van der Waals surface area contributed by atoms with Crippen LogP contribution in [0.4, 0.5) is 0 Å². The Labute approximate surface area is 65.8 Å². The van der Waals surface area contributed by atoms with Gasteiger partial charge in [-0.3, -0.25) is 4.79 Å². The number of carboxylic acid groups (broad SMARTS) is 1. The first kappa shape index (κ1) is 7.10. The molecule has 2 aliphatic rings. The van der Waals surface area contributed by atoms with Crippen LogP contribution in [0.1, 0.15) is 19.3 Å². The molecule has 1 aliphatic carbocycles. The van der Waals surface area contributed by atoms with Gasteiger partial charge in [-0.1, -0.05) is 0 Å². The molecule has 1 saturated carbocycles. The van der Waals surface area contributed by atoms with Crippen molar-refractivity contribution in [2.75, 3.05) is 6.54 Å². The second kappa shape index (κ2) is 2.48. The zero-order chi connectivity index (χ0) is 7.84. The molecule has 0 aromatic carbocycles. The molecule has 0 aromatic rings. The van der Waals surface area contributed by atoms with E-state index in [2.05, 4.69) is 5.32 Å². The van der Waals surface area contributed by atoms with Gasteiger partial charge in [0, 0.05) is 0 Å². The van der Waals surface area contributed by atoms with Gasteiger partial charge in [0.15, 0.2) is 0 Å². The Hall–Kier alpha value is -0.570. The van der Waals surface area contributed by atoms with E-state index >= 15 is 0 Å². The van der Waals surface area contributed by atoms with Crippen LogP contribution in [0, 0.1) is 11.8 Å². The summed E-state index contributed by atoms with van der Waals surface area (Å²) in [4.78, 5) is 10.7. The monoisotopic (exact) mass is 155 g/mol. The van der Waals surface area contributed by atoms with Crippen molar-refractivity contribution < 1.29 is 9.90 Å². The molecule has 0 radical (unpaired) electrons. The second-order valence-electron chi connectivity index (χ2n) is 3.56. The molecule has 0 bridgehead atoms. The fourth-order valence-electron chi connectivity index (χ4n) is 2.03. The number of hydrogen-bond acceptors (Lipinski definition) is 2. The van der Waals surface area contributed by atoms with E-state index in [1.165, 1.54) is 12.8 Å². The van der Waals surface area contributed by atoms with Crippen LogP contribution in [0.15, 0.2) is 0 Å². The van der Waals surface area contributed by atoms with Gasteiger partial charge in [-0.05, 0) is 37.6 Å². The van der Waals surface area contributed by atoms with Crippen molar-refractivity contribution in [2.45, 2.75) is 25.3 Å². The summed E-state index contributed by atoms with van der Waals surface area (Å²) in [6.45, 7) is 0.887. The summed E-state index contributed by atoms with van der Waals surface area (Å²) in [7, 11) is 0. The number of carbonyl (C=O) groups is 1. The Morgan fingerprint density at radius 3 is 2.64 bits per heavy atom. The molecule has 2 N–H and O–H groups in total. The molecule has 0 unspecified atom stereocenters. The molecule has 1 aliphatic heterocycles. The Morgan fingerprint density at radius 2 is 2.09 bits per heavy atom. The Balaban J connectivity index is 2.01. The summed E-state index contributed by atoms with van der Waals surface area (Å²) in [5.41, 5.74) is 0. The van der Waals surface area contributed by atoms with Crippen LogP contribution in [0.25, 0.3) is 0 Å². The molecule has 2 rings (SSSR count). The zero-order valence-electron chi connectivity index (χ0n) is 6.42. The van der Waals surface area contributed by atoms with E-state index in [0.717, 1.165) is 13.0 Å². The van der Waals surface area contributed by atoms with Crippen LogP contribution in [0.3, 0.4) is 0 Å². The number of hydrogen-bond donors (Lipinski definition) is 2. The van der Waals surface area contributed by atoms with Crippen molar-refractivity contribution in [1.29, 1.82) is 0 Å². The van der Waals surface area contributed by atoms with Crippen LogP contribution in [0.2, 0.25) is 0 Å². The fraction of sp³-hybridized carbons (Fsp3) is 0.875. The summed E-state index contributed by atoms with van der Waals surface area (Å²) in [5, 5.41) is 11.8. The molecular weight excluding hydrogens is 142 g/mol. The minimum absolute atomic E-state index is 0.248. The van der Waals surface area contributed by atoms with Gasteiger partial charge in [-0.25, -0.2) is 0 Å². The van der Waals surface area contributed by atoms with Crippen LogP contribution in [-0.2, 0) is 4.79 Å². The highest BCUT2D eigenvalue weighted by Gasteiger charge is 2.42. The fourth-order valence-corrected chi connectivity index (χ4v) is 2.03. The Morgan fingerprint density at radius 1 is 1.36 bits per heavy atom. The van der Waals surface area contributed by atoms with Gasteiger partial charge in [-0.15, -0.1) is 0 Å². The number of aliphatic carboxylic acids is 1. The van der Waals surface area contributed by atoms with Crippen LogP contribution >= 0.6 is 0 Å². The second-order valence-corrected chi connectivity index (χ2v) is 3.56. The van der Waals surface area contributed by atoms with Gasteiger partial charge >= 0.3 is 5.97 Å². The number of nitrogens with one attached hydrogen (secondary N) is 1. The molecule has 62 valence electrons. The SMILES string of the molecule is O=C(O)[C@H]1NCC[C@@H]1C1CC1. The number of carboxylic acids is 1. The molecule has 3 heteroatoms. The summed E-state index contributed by atoms with van der Waals surface area (Å²) in [6.07, 6.45) is 3.55. The van der Waals surface area contributed by atoms with Crippen LogP contribution < -0.4 is 5.32 Å². The van der Waals surface area contributed by atoms with Crippen molar-refractivity contribution in [2.24, 2.45) is 11.8 Å². The lowest BCUT2D eigenvalue weighted by Crippen LogP contribution is -2.36. The summed E-state index contributed by atoms with van der Waals surface area (Å²) in [6, 6.07) is -0.248. The maximum Gasteiger partial charge on any atom is 0.320 e.